The van der Waals surface area contributed by atoms with Crippen molar-refractivity contribution < 1.29 is 13.2 Å². The Hall–Kier alpha value is -2.05. The molecule has 0 aromatic heterocycles. The van der Waals surface area contributed by atoms with Crippen LogP contribution in [0.5, 0.6) is 0 Å². The van der Waals surface area contributed by atoms with E-state index in [2.05, 4.69) is 30.4 Å². The van der Waals surface area contributed by atoms with Crippen LogP contribution in [-0.4, -0.2) is 27.1 Å². The Morgan fingerprint density at radius 3 is 2.53 bits per heavy atom. The fraction of sp³-hybridized carbons (Fsp3) is 0.480. The summed E-state index contributed by atoms with van der Waals surface area (Å²) in [5.74, 6) is -0.0640. The van der Waals surface area contributed by atoms with E-state index < -0.39 is 10.0 Å². The smallest absolute Gasteiger partial charge is 0.232 e. The molecule has 1 aliphatic carbocycles. The van der Waals surface area contributed by atoms with E-state index in [4.69, 9.17) is 11.6 Å². The zero-order chi connectivity index (χ0) is 23.3. The van der Waals surface area contributed by atoms with Crippen molar-refractivity contribution in [3.05, 3.63) is 63.7 Å². The van der Waals surface area contributed by atoms with Gasteiger partial charge in [0.05, 0.1) is 18.0 Å². The number of halogens is 1. The number of nitrogens with zero attached hydrogens (tertiary/aromatic N) is 1. The highest BCUT2D eigenvalue weighted by molar-refractivity contribution is 7.92. The molecule has 7 heteroatoms. The van der Waals surface area contributed by atoms with Crippen LogP contribution in [0.3, 0.4) is 0 Å². The highest BCUT2D eigenvalue weighted by Crippen LogP contribution is 2.28. The molecule has 0 heterocycles. The second kappa shape index (κ2) is 10.7. The van der Waals surface area contributed by atoms with E-state index in [-0.39, 0.29) is 24.9 Å². The van der Waals surface area contributed by atoms with Gasteiger partial charge in [0.15, 0.2) is 0 Å². The molecule has 32 heavy (non-hydrogen) atoms. The molecule has 0 spiro atoms. The lowest BCUT2D eigenvalue weighted by atomic mass is 9.89. The Morgan fingerprint density at radius 1 is 1.12 bits per heavy atom. The number of rotatable bonds is 9. The lowest BCUT2D eigenvalue weighted by molar-refractivity contribution is -0.121. The highest BCUT2D eigenvalue weighted by Gasteiger charge is 2.21. The Bertz CT molecular complexity index is 1070. The van der Waals surface area contributed by atoms with Crippen molar-refractivity contribution in [2.75, 3.05) is 17.1 Å². The summed E-state index contributed by atoms with van der Waals surface area (Å²) in [6.45, 7) is 4.14. The third-order valence-electron chi connectivity index (χ3n) is 6.12. The molecule has 0 radical (unpaired) electrons. The maximum Gasteiger partial charge on any atom is 0.232 e. The fourth-order valence-electron chi connectivity index (χ4n) is 4.36. The van der Waals surface area contributed by atoms with Gasteiger partial charge in [-0.05, 0) is 79.8 Å². The zero-order valence-corrected chi connectivity index (χ0v) is 20.7. The maximum atomic E-state index is 12.7. The Morgan fingerprint density at radius 2 is 1.84 bits per heavy atom. The number of carbonyl (C=O) groups is 1. The van der Waals surface area contributed by atoms with Crippen LogP contribution in [0.25, 0.3) is 0 Å². The molecule has 0 aliphatic heterocycles. The molecule has 1 amide bonds. The summed E-state index contributed by atoms with van der Waals surface area (Å²) in [6.07, 6.45) is 7.39. The number of hydrogen-bond acceptors (Lipinski definition) is 3. The molecule has 0 bridgehead atoms. The van der Waals surface area contributed by atoms with E-state index >= 15 is 0 Å². The molecular formula is C25H33ClN2O3S. The number of amides is 1. The van der Waals surface area contributed by atoms with E-state index in [9.17, 15) is 13.2 Å². The van der Waals surface area contributed by atoms with Gasteiger partial charge in [-0.1, -0.05) is 42.8 Å². The number of carbonyl (C=O) groups excluding carboxylic acids is 1. The summed E-state index contributed by atoms with van der Waals surface area (Å²) < 4.78 is 26.1. The van der Waals surface area contributed by atoms with E-state index in [1.54, 1.807) is 18.2 Å². The molecule has 0 unspecified atom stereocenters. The number of benzene rings is 2. The van der Waals surface area contributed by atoms with Crippen LogP contribution < -0.4 is 9.62 Å². The van der Waals surface area contributed by atoms with Crippen LogP contribution >= 0.6 is 11.6 Å². The normalized spacial score (nSPS) is 14.5. The SMILES string of the molecule is CC[C@H](NC(=O)CCCN(c1cc(Cl)ccc1C)S(C)(=O)=O)c1ccc2c(c1)CCCC2. The highest BCUT2D eigenvalue weighted by atomic mass is 35.5. The molecule has 3 rings (SSSR count). The van der Waals surface area contributed by atoms with Crippen molar-refractivity contribution in [1.29, 1.82) is 0 Å². The molecule has 174 valence electrons. The third kappa shape index (κ3) is 6.26. The number of fused-ring (bicyclic) bond motifs is 1. The lowest BCUT2D eigenvalue weighted by Crippen LogP contribution is -2.33. The topological polar surface area (TPSA) is 66.5 Å². The van der Waals surface area contributed by atoms with Gasteiger partial charge in [0.25, 0.3) is 0 Å². The van der Waals surface area contributed by atoms with Crippen LogP contribution in [-0.2, 0) is 27.7 Å². The van der Waals surface area contributed by atoms with Gasteiger partial charge < -0.3 is 5.32 Å². The van der Waals surface area contributed by atoms with Gasteiger partial charge in [-0.15, -0.1) is 0 Å². The van der Waals surface area contributed by atoms with Gasteiger partial charge in [0, 0.05) is 18.0 Å². The van der Waals surface area contributed by atoms with Gasteiger partial charge in [0.1, 0.15) is 0 Å². The molecule has 0 fully saturated rings. The molecule has 1 N–H and O–H groups in total. The summed E-state index contributed by atoms with van der Waals surface area (Å²) in [5.41, 5.74) is 5.36. The standard InChI is InChI=1S/C25H33ClN2O3S/c1-4-23(21-13-12-19-8-5-6-9-20(19)16-21)27-25(29)10-7-15-28(32(3,30)31)24-17-22(26)14-11-18(24)2/h11-14,16-17,23H,4-10,15H2,1-3H3,(H,27,29)/t23-/m0/s1. The molecule has 2 aromatic carbocycles. The first-order chi connectivity index (χ1) is 15.2. The molecular weight excluding hydrogens is 444 g/mol. The minimum Gasteiger partial charge on any atom is -0.349 e. The van der Waals surface area contributed by atoms with E-state index in [0.29, 0.717) is 17.1 Å². The van der Waals surface area contributed by atoms with Gasteiger partial charge in [0.2, 0.25) is 15.9 Å². The summed E-state index contributed by atoms with van der Waals surface area (Å²) in [5, 5.41) is 3.61. The largest absolute Gasteiger partial charge is 0.349 e. The average Bonchev–Trinajstić information content (AvgIpc) is 2.76. The molecule has 1 aliphatic rings. The first-order valence-electron chi connectivity index (χ1n) is 11.3. The number of anilines is 1. The maximum absolute atomic E-state index is 12.7. The third-order valence-corrected chi connectivity index (χ3v) is 7.54. The van der Waals surface area contributed by atoms with Crippen LogP contribution in [0.1, 0.15) is 67.3 Å². The van der Waals surface area contributed by atoms with Crippen LogP contribution in [0.2, 0.25) is 5.02 Å². The van der Waals surface area contributed by atoms with Crippen molar-refractivity contribution >= 4 is 33.2 Å². The number of nitrogens with one attached hydrogen (secondary N) is 1. The number of sulfonamides is 1. The van der Waals surface area contributed by atoms with Crippen molar-refractivity contribution in [3.8, 4) is 0 Å². The predicted octanol–water partition coefficient (Wildman–Crippen LogP) is 5.34. The molecule has 1 atom stereocenters. The average molecular weight is 477 g/mol. The van der Waals surface area contributed by atoms with E-state index in [1.807, 2.05) is 6.92 Å². The Kier molecular flexibility index (Phi) is 8.23. The lowest BCUT2D eigenvalue weighted by Gasteiger charge is -2.25. The van der Waals surface area contributed by atoms with Gasteiger partial charge in [-0.3, -0.25) is 9.10 Å². The number of hydrogen-bond donors (Lipinski definition) is 1. The molecule has 5 nitrogen and oxygen atoms in total. The first-order valence-corrected chi connectivity index (χ1v) is 13.6. The minimum atomic E-state index is -3.49. The van der Waals surface area contributed by atoms with Crippen LogP contribution in [0.4, 0.5) is 5.69 Å². The van der Waals surface area contributed by atoms with E-state index in [0.717, 1.165) is 30.4 Å². The zero-order valence-electron chi connectivity index (χ0n) is 19.2. The van der Waals surface area contributed by atoms with Crippen molar-refractivity contribution in [1.82, 2.24) is 5.32 Å². The summed E-state index contributed by atoms with van der Waals surface area (Å²) >= 11 is 6.09. The van der Waals surface area contributed by atoms with Crippen molar-refractivity contribution in [3.63, 3.8) is 0 Å². The molecule has 0 saturated carbocycles. The fourth-order valence-corrected chi connectivity index (χ4v) is 5.54. The summed E-state index contributed by atoms with van der Waals surface area (Å²) in [7, 11) is -3.49. The van der Waals surface area contributed by atoms with Gasteiger partial charge >= 0.3 is 0 Å². The Labute approximate surface area is 197 Å². The van der Waals surface area contributed by atoms with Crippen molar-refractivity contribution in [2.24, 2.45) is 0 Å². The molecule has 2 aromatic rings. The van der Waals surface area contributed by atoms with Crippen LogP contribution in [0.15, 0.2) is 36.4 Å². The quantitative estimate of drug-likeness (QED) is 0.531. The Balaban J connectivity index is 1.62. The van der Waals surface area contributed by atoms with E-state index in [1.165, 1.54) is 34.5 Å². The van der Waals surface area contributed by atoms with Crippen LogP contribution in [0, 0.1) is 6.92 Å². The van der Waals surface area contributed by atoms with Crippen molar-refractivity contribution in [2.45, 2.75) is 64.8 Å². The summed E-state index contributed by atoms with van der Waals surface area (Å²) in [4.78, 5) is 12.7. The molecule has 0 saturated heterocycles. The first kappa shape index (κ1) is 24.6. The second-order valence-electron chi connectivity index (χ2n) is 8.63. The summed E-state index contributed by atoms with van der Waals surface area (Å²) in [6, 6.07) is 11.7. The number of aryl methyl sites for hydroxylation is 3. The van der Waals surface area contributed by atoms with Gasteiger partial charge in [-0.25, -0.2) is 8.42 Å². The van der Waals surface area contributed by atoms with Gasteiger partial charge in [-0.2, -0.15) is 0 Å². The predicted molar refractivity (Wildman–Crippen MR) is 132 cm³/mol. The monoisotopic (exact) mass is 476 g/mol. The second-order valence-corrected chi connectivity index (χ2v) is 11.0. The minimum absolute atomic E-state index is 0.0316.